The first-order valence-corrected chi connectivity index (χ1v) is 7.08. The second-order valence-corrected chi connectivity index (χ2v) is 5.36. The van der Waals surface area contributed by atoms with Crippen molar-refractivity contribution >= 4 is 40.7 Å². The number of fused-ring (bicyclic) bond motifs is 1. The monoisotopic (exact) mass is 320 g/mol. The summed E-state index contributed by atoms with van der Waals surface area (Å²) in [4.78, 5) is 26.5. The Balaban J connectivity index is 1.98. The molecule has 0 radical (unpaired) electrons. The highest BCUT2D eigenvalue weighted by molar-refractivity contribution is 7.99. The van der Waals surface area contributed by atoms with E-state index in [9.17, 15) is 4.79 Å². The zero-order valence-corrected chi connectivity index (χ0v) is 12.4. The van der Waals surface area contributed by atoms with Crippen LogP contribution in [0.2, 0.25) is 5.15 Å². The molecule has 0 aliphatic heterocycles. The van der Waals surface area contributed by atoms with Crippen LogP contribution in [0.1, 0.15) is 10.4 Å². The molecular formula is C13H9ClN4O2S. The molecule has 0 saturated carbocycles. The summed E-state index contributed by atoms with van der Waals surface area (Å²) in [6.07, 6.45) is 1.94. The number of benzene rings is 1. The maximum absolute atomic E-state index is 11.1. The Labute approximate surface area is 128 Å². The highest BCUT2D eigenvalue weighted by Gasteiger charge is 2.13. The van der Waals surface area contributed by atoms with E-state index >= 15 is 0 Å². The summed E-state index contributed by atoms with van der Waals surface area (Å²) in [5.41, 5.74) is 1.89. The van der Waals surface area contributed by atoms with Crippen LogP contribution in [0, 0.1) is 0 Å². The minimum Gasteiger partial charge on any atom is -0.497 e. The SMILES string of the molecule is COc1ccc2nc(Sc3ncnc(Cl)c3C=O)[nH]c2c1. The topological polar surface area (TPSA) is 80.8 Å². The van der Waals surface area contributed by atoms with Crippen molar-refractivity contribution in [1.82, 2.24) is 19.9 Å². The van der Waals surface area contributed by atoms with Crippen LogP contribution >= 0.6 is 23.4 Å². The van der Waals surface area contributed by atoms with Gasteiger partial charge in [0.25, 0.3) is 0 Å². The average Bonchev–Trinajstić information content (AvgIpc) is 2.88. The Morgan fingerprint density at radius 3 is 3.00 bits per heavy atom. The molecular weight excluding hydrogens is 312 g/mol. The lowest BCUT2D eigenvalue weighted by atomic mass is 10.3. The summed E-state index contributed by atoms with van der Waals surface area (Å²) in [5, 5.41) is 1.19. The van der Waals surface area contributed by atoms with Gasteiger partial charge in [-0.3, -0.25) is 4.79 Å². The van der Waals surface area contributed by atoms with Crippen LogP contribution in [0.5, 0.6) is 5.75 Å². The van der Waals surface area contributed by atoms with Crippen LogP contribution in [-0.2, 0) is 0 Å². The third-order valence-corrected chi connectivity index (χ3v) is 3.98. The third kappa shape index (κ3) is 2.70. The van der Waals surface area contributed by atoms with E-state index in [1.165, 1.54) is 18.1 Å². The molecule has 106 valence electrons. The lowest BCUT2D eigenvalue weighted by Gasteiger charge is -2.01. The maximum Gasteiger partial charge on any atom is 0.172 e. The van der Waals surface area contributed by atoms with Gasteiger partial charge >= 0.3 is 0 Å². The van der Waals surface area contributed by atoms with Gasteiger partial charge in [-0.1, -0.05) is 11.6 Å². The van der Waals surface area contributed by atoms with Crippen molar-refractivity contribution in [2.75, 3.05) is 7.11 Å². The third-order valence-electron chi connectivity index (χ3n) is 2.78. The maximum atomic E-state index is 11.1. The number of rotatable bonds is 4. The fraction of sp³-hybridized carbons (Fsp3) is 0.0769. The van der Waals surface area contributed by atoms with Crippen molar-refractivity contribution in [3.8, 4) is 5.75 Å². The van der Waals surface area contributed by atoms with E-state index in [2.05, 4.69) is 19.9 Å². The smallest absolute Gasteiger partial charge is 0.172 e. The molecule has 1 N–H and O–H groups in total. The van der Waals surface area contributed by atoms with Gasteiger partial charge in [0.1, 0.15) is 22.3 Å². The fourth-order valence-corrected chi connectivity index (χ4v) is 2.85. The first kappa shape index (κ1) is 13.8. The minimum atomic E-state index is 0.125. The Morgan fingerprint density at radius 1 is 1.38 bits per heavy atom. The molecule has 0 aliphatic carbocycles. The summed E-state index contributed by atoms with van der Waals surface area (Å²) in [6.45, 7) is 0. The molecule has 0 saturated heterocycles. The van der Waals surface area contributed by atoms with Crippen LogP contribution in [0.4, 0.5) is 0 Å². The zero-order valence-electron chi connectivity index (χ0n) is 10.8. The van der Waals surface area contributed by atoms with Gasteiger partial charge in [-0.25, -0.2) is 15.0 Å². The molecule has 0 unspecified atom stereocenters. The molecule has 3 rings (SSSR count). The molecule has 0 spiro atoms. The van der Waals surface area contributed by atoms with Gasteiger partial charge in [0, 0.05) is 6.07 Å². The van der Waals surface area contributed by atoms with Crippen LogP contribution in [-0.4, -0.2) is 33.3 Å². The Morgan fingerprint density at radius 2 is 2.24 bits per heavy atom. The Bertz CT molecular complexity index is 821. The normalized spacial score (nSPS) is 10.8. The number of hydrogen-bond acceptors (Lipinski definition) is 6. The van der Waals surface area contributed by atoms with Crippen molar-refractivity contribution in [3.63, 3.8) is 0 Å². The van der Waals surface area contributed by atoms with Crippen molar-refractivity contribution in [2.24, 2.45) is 0 Å². The summed E-state index contributed by atoms with van der Waals surface area (Å²) < 4.78 is 5.16. The van der Waals surface area contributed by atoms with Crippen molar-refractivity contribution < 1.29 is 9.53 Å². The number of nitrogens with zero attached hydrogens (tertiary/aromatic N) is 3. The summed E-state index contributed by atoms with van der Waals surface area (Å²) in [6, 6.07) is 5.53. The van der Waals surface area contributed by atoms with Crippen molar-refractivity contribution in [2.45, 2.75) is 10.2 Å². The van der Waals surface area contributed by atoms with E-state index in [1.807, 2.05) is 18.2 Å². The average molecular weight is 321 g/mol. The summed E-state index contributed by atoms with van der Waals surface area (Å²) in [5.74, 6) is 0.737. The predicted molar refractivity (Wildman–Crippen MR) is 79.2 cm³/mol. The minimum absolute atomic E-state index is 0.125. The van der Waals surface area contributed by atoms with Gasteiger partial charge in [-0.05, 0) is 23.9 Å². The van der Waals surface area contributed by atoms with Crippen LogP contribution in [0.15, 0.2) is 34.7 Å². The van der Waals surface area contributed by atoms with Gasteiger partial charge in [0.05, 0.1) is 23.7 Å². The highest BCUT2D eigenvalue weighted by atomic mass is 35.5. The molecule has 3 aromatic rings. The van der Waals surface area contributed by atoms with Crippen molar-refractivity contribution in [3.05, 3.63) is 35.2 Å². The van der Waals surface area contributed by atoms with Gasteiger partial charge in [0.2, 0.25) is 0 Å². The zero-order chi connectivity index (χ0) is 14.8. The number of nitrogens with one attached hydrogen (secondary N) is 1. The largest absolute Gasteiger partial charge is 0.497 e. The van der Waals surface area contributed by atoms with Crippen LogP contribution in [0.3, 0.4) is 0 Å². The van der Waals surface area contributed by atoms with Gasteiger partial charge < -0.3 is 9.72 Å². The molecule has 0 fully saturated rings. The van der Waals surface area contributed by atoms with E-state index < -0.39 is 0 Å². The van der Waals surface area contributed by atoms with Crippen molar-refractivity contribution in [1.29, 1.82) is 0 Å². The number of imidazole rings is 1. The number of aromatic nitrogens is 4. The number of ether oxygens (including phenoxy) is 1. The summed E-state index contributed by atoms with van der Waals surface area (Å²) in [7, 11) is 1.60. The second-order valence-electron chi connectivity index (χ2n) is 4.03. The van der Waals surface area contributed by atoms with Gasteiger partial charge in [-0.2, -0.15) is 0 Å². The number of carbonyl (C=O) groups excluding carboxylic acids is 1. The quantitative estimate of drug-likeness (QED) is 0.588. The number of halogens is 1. The predicted octanol–water partition coefficient (Wildman–Crippen LogP) is 2.98. The van der Waals surface area contributed by atoms with E-state index in [1.54, 1.807) is 7.11 Å². The number of methoxy groups -OCH3 is 1. The Kier molecular flexibility index (Phi) is 3.76. The summed E-state index contributed by atoms with van der Waals surface area (Å²) >= 11 is 7.09. The molecule has 21 heavy (non-hydrogen) atoms. The van der Waals surface area contributed by atoms with Gasteiger partial charge in [0.15, 0.2) is 11.4 Å². The number of aldehydes is 1. The molecule has 2 aromatic heterocycles. The molecule has 0 aliphatic rings. The van der Waals surface area contributed by atoms with Crippen LogP contribution < -0.4 is 4.74 Å². The molecule has 6 nitrogen and oxygen atoms in total. The van der Waals surface area contributed by atoms with E-state index in [4.69, 9.17) is 16.3 Å². The molecule has 8 heteroatoms. The molecule has 0 bridgehead atoms. The highest BCUT2D eigenvalue weighted by Crippen LogP contribution is 2.30. The number of aromatic amines is 1. The van der Waals surface area contributed by atoms with E-state index in [0.29, 0.717) is 16.5 Å². The molecule has 0 atom stereocenters. The first-order valence-electron chi connectivity index (χ1n) is 5.88. The number of carbonyl (C=O) groups is 1. The standard InChI is InChI=1S/C13H9ClN4O2S/c1-20-7-2-3-9-10(4-7)18-13(17-9)21-12-8(5-19)11(14)15-6-16-12/h2-6H,1H3,(H,17,18). The molecule has 0 amide bonds. The van der Waals surface area contributed by atoms with Gasteiger partial charge in [-0.15, -0.1) is 0 Å². The molecule has 1 aromatic carbocycles. The lowest BCUT2D eigenvalue weighted by Crippen LogP contribution is -1.94. The number of H-pyrrole nitrogens is 1. The first-order chi connectivity index (χ1) is 10.2. The fourth-order valence-electron chi connectivity index (χ4n) is 1.77. The second kappa shape index (κ2) is 5.71. The van der Waals surface area contributed by atoms with Crippen LogP contribution in [0.25, 0.3) is 11.0 Å². The molecule has 2 heterocycles. The number of hydrogen-bond donors (Lipinski definition) is 1. The lowest BCUT2D eigenvalue weighted by molar-refractivity contribution is 0.112. The van der Waals surface area contributed by atoms with E-state index in [0.717, 1.165) is 16.8 Å². The van der Waals surface area contributed by atoms with E-state index in [-0.39, 0.29) is 10.7 Å². The Hall–Kier alpha value is -2.12.